The topological polar surface area (TPSA) is 111 Å². The Morgan fingerprint density at radius 1 is 0.956 bits per heavy atom. The van der Waals surface area contributed by atoms with Crippen LogP contribution in [0.15, 0.2) is 36.4 Å². The fourth-order valence-electron chi connectivity index (χ4n) is 5.70. The van der Waals surface area contributed by atoms with Crippen molar-refractivity contribution < 1.29 is 28.7 Å². The molecule has 0 spiro atoms. The van der Waals surface area contributed by atoms with Gasteiger partial charge >= 0.3 is 11.9 Å². The highest BCUT2D eigenvalue weighted by Crippen LogP contribution is 2.57. The number of halogens is 2. The van der Waals surface area contributed by atoms with Crippen LogP contribution in [0.1, 0.15) is 96.6 Å². The van der Waals surface area contributed by atoms with Gasteiger partial charge in [0.2, 0.25) is 5.91 Å². The number of benzene rings is 2. The van der Waals surface area contributed by atoms with E-state index in [0.717, 1.165) is 11.1 Å². The van der Waals surface area contributed by atoms with E-state index in [1.807, 2.05) is 62.3 Å². The van der Waals surface area contributed by atoms with Gasteiger partial charge in [-0.1, -0.05) is 70.0 Å². The molecule has 0 saturated heterocycles. The van der Waals surface area contributed by atoms with Crippen molar-refractivity contribution in [3.63, 3.8) is 0 Å². The van der Waals surface area contributed by atoms with Crippen molar-refractivity contribution in [3.05, 3.63) is 63.1 Å². The van der Waals surface area contributed by atoms with Gasteiger partial charge in [-0.05, 0) is 86.8 Å². The number of carbonyl (C=O) groups excluding carboxylic acids is 4. The van der Waals surface area contributed by atoms with E-state index in [1.54, 1.807) is 36.4 Å². The van der Waals surface area contributed by atoms with Gasteiger partial charge in [0, 0.05) is 18.0 Å². The average Bonchev–Trinajstić information content (AvgIpc) is 3.16. The Morgan fingerprint density at radius 3 is 2.00 bits per heavy atom. The summed E-state index contributed by atoms with van der Waals surface area (Å²) in [7, 11) is 1.27. The highest BCUT2D eigenvalue weighted by atomic mass is 35.5. The standard InChI is InChI=1S/C35H46Cl2N2O6/c1-32(2,3)21-18-24(36)27(25(37)19-21)29(41)38-22-13-11-20(12-14-22)17-26(30(42)44-10)39-28(40)23-15-16-35(9,34(23,7)8)31(43)45-33(4,5)6/h11-14,18-19,23,26H,15-17H2,1-10H3,(H,38,41)(H,39,40)/t23?,26-,35?/m0/s1. The third-order valence-electron chi connectivity index (χ3n) is 8.98. The Kier molecular flexibility index (Phi) is 10.8. The Balaban J connectivity index is 1.72. The lowest BCUT2D eigenvalue weighted by atomic mass is 9.65. The average molecular weight is 662 g/mol. The van der Waals surface area contributed by atoms with Gasteiger partial charge in [-0.15, -0.1) is 0 Å². The zero-order chi connectivity index (χ0) is 34.1. The van der Waals surface area contributed by atoms with Crippen LogP contribution in [0.4, 0.5) is 5.69 Å². The Bertz CT molecular complexity index is 1430. The molecule has 2 unspecified atom stereocenters. The molecule has 0 aromatic heterocycles. The lowest BCUT2D eigenvalue weighted by Crippen LogP contribution is -2.51. The third kappa shape index (κ3) is 8.20. The molecule has 2 N–H and O–H groups in total. The molecule has 1 aliphatic carbocycles. The molecular formula is C35H46Cl2N2O6. The zero-order valence-corrected chi connectivity index (χ0v) is 29.5. The zero-order valence-electron chi connectivity index (χ0n) is 27.9. The van der Waals surface area contributed by atoms with Gasteiger partial charge in [-0.25, -0.2) is 4.79 Å². The molecule has 8 nitrogen and oxygen atoms in total. The summed E-state index contributed by atoms with van der Waals surface area (Å²) in [6, 6.07) is 9.44. The van der Waals surface area contributed by atoms with Crippen LogP contribution in [0.3, 0.4) is 0 Å². The van der Waals surface area contributed by atoms with E-state index in [4.69, 9.17) is 32.7 Å². The number of ether oxygens (including phenoxy) is 2. The second kappa shape index (κ2) is 13.3. The van der Waals surface area contributed by atoms with Crippen LogP contribution in [0.25, 0.3) is 0 Å². The van der Waals surface area contributed by atoms with Gasteiger partial charge in [-0.3, -0.25) is 14.4 Å². The first-order valence-electron chi connectivity index (χ1n) is 15.1. The van der Waals surface area contributed by atoms with Gasteiger partial charge < -0.3 is 20.1 Å². The quantitative estimate of drug-likeness (QED) is 0.283. The molecule has 0 radical (unpaired) electrons. The molecule has 0 aliphatic heterocycles. The van der Waals surface area contributed by atoms with Crippen molar-refractivity contribution in [1.29, 1.82) is 0 Å². The van der Waals surface area contributed by atoms with Crippen LogP contribution in [-0.4, -0.2) is 42.5 Å². The molecule has 2 aromatic carbocycles. The molecule has 2 aromatic rings. The summed E-state index contributed by atoms with van der Waals surface area (Å²) in [6.07, 6.45) is 1.12. The summed E-state index contributed by atoms with van der Waals surface area (Å²) in [4.78, 5) is 52.5. The summed E-state index contributed by atoms with van der Waals surface area (Å²) in [5.74, 6) is -2.21. The van der Waals surface area contributed by atoms with Crippen LogP contribution in [0, 0.1) is 16.7 Å². The van der Waals surface area contributed by atoms with E-state index in [9.17, 15) is 19.2 Å². The molecule has 10 heteroatoms. The maximum Gasteiger partial charge on any atom is 0.328 e. The predicted molar refractivity (Wildman–Crippen MR) is 178 cm³/mol. The van der Waals surface area contributed by atoms with Gasteiger partial charge in [0.25, 0.3) is 5.91 Å². The summed E-state index contributed by atoms with van der Waals surface area (Å²) in [5, 5.41) is 6.20. The first kappa shape index (κ1) is 36.4. The van der Waals surface area contributed by atoms with Crippen molar-refractivity contribution in [2.45, 2.75) is 98.6 Å². The van der Waals surface area contributed by atoms with E-state index < -0.39 is 40.3 Å². The summed E-state index contributed by atoms with van der Waals surface area (Å²) < 4.78 is 10.7. The lowest BCUT2D eigenvalue weighted by molar-refractivity contribution is -0.173. The number of carbonyl (C=O) groups is 4. The molecule has 1 aliphatic rings. The molecule has 0 bridgehead atoms. The first-order valence-corrected chi connectivity index (χ1v) is 15.9. The van der Waals surface area contributed by atoms with Crippen LogP contribution in [-0.2, 0) is 35.7 Å². The molecule has 246 valence electrons. The predicted octanol–water partition coefficient (Wildman–Crippen LogP) is 7.53. The summed E-state index contributed by atoms with van der Waals surface area (Å²) in [6.45, 7) is 17.2. The highest BCUT2D eigenvalue weighted by Gasteiger charge is 2.59. The first-order chi connectivity index (χ1) is 20.6. The maximum atomic E-state index is 13.6. The van der Waals surface area contributed by atoms with Crippen molar-refractivity contribution in [2.24, 2.45) is 16.7 Å². The minimum Gasteiger partial charge on any atom is -0.467 e. The van der Waals surface area contributed by atoms with Crippen molar-refractivity contribution in [1.82, 2.24) is 5.32 Å². The van der Waals surface area contributed by atoms with Gasteiger partial charge in [0.1, 0.15) is 11.6 Å². The number of anilines is 1. The number of hydrogen-bond donors (Lipinski definition) is 2. The smallest absolute Gasteiger partial charge is 0.328 e. The van der Waals surface area contributed by atoms with Gasteiger partial charge in [0.15, 0.2) is 0 Å². The van der Waals surface area contributed by atoms with Crippen molar-refractivity contribution in [3.8, 4) is 0 Å². The largest absolute Gasteiger partial charge is 0.467 e. The van der Waals surface area contributed by atoms with E-state index in [0.29, 0.717) is 18.5 Å². The van der Waals surface area contributed by atoms with Crippen LogP contribution < -0.4 is 10.6 Å². The van der Waals surface area contributed by atoms with Gasteiger partial charge in [0.05, 0.1) is 28.1 Å². The minimum absolute atomic E-state index is 0.162. The Morgan fingerprint density at radius 2 is 1.51 bits per heavy atom. The molecule has 3 atom stereocenters. The molecule has 45 heavy (non-hydrogen) atoms. The Hall–Kier alpha value is -3.10. The fourth-order valence-corrected chi connectivity index (χ4v) is 6.36. The second-order valence-corrected chi connectivity index (χ2v) is 15.5. The molecule has 1 fully saturated rings. The molecule has 0 heterocycles. The lowest BCUT2D eigenvalue weighted by Gasteiger charge is -2.40. The maximum absolute atomic E-state index is 13.6. The Labute approximate surface area is 276 Å². The van der Waals surface area contributed by atoms with Crippen LogP contribution >= 0.6 is 23.2 Å². The number of rotatable bonds is 8. The van der Waals surface area contributed by atoms with E-state index in [2.05, 4.69) is 10.6 Å². The monoisotopic (exact) mass is 660 g/mol. The minimum atomic E-state index is -0.953. The molecule has 3 rings (SSSR count). The van der Waals surface area contributed by atoms with Crippen molar-refractivity contribution in [2.75, 3.05) is 12.4 Å². The van der Waals surface area contributed by atoms with Gasteiger partial charge in [-0.2, -0.15) is 0 Å². The SMILES string of the molecule is COC(=O)[C@H](Cc1ccc(NC(=O)c2c(Cl)cc(C(C)(C)C)cc2Cl)cc1)NC(=O)C1CCC(C)(C(=O)OC(C)(C)C)C1(C)C. The number of amides is 2. The van der Waals surface area contributed by atoms with Crippen LogP contribution in [0.2, 0.25) is 10.0 Å². The molecule has 2 amide bonds. The van der Waals surface area contributed by atoms with Crippen LogP contribution in [0.5, 0.6) is 0 Å². The van der Waals surface area contributed by atoms with E-state index in [1.165, 1.54) is 7.11 Å². The fraction of sp³-hybridized carbons (Fsp3) is 0.543. The number of nitrogens with one attached hydrogen (secondary N) is 2. The normalized spacial score (nSPS) is 20.2. The summed E-state index contributed by atoms with van der Waals surface area (Å²) in [5.41, 5.74) is -0.0931. The highest BCUT2D eigenvalue weighted by molar-refractivity contribution is 6.40. The van der Waals surface area contributed by atoms with Crippen molar-refractivity contribution >= 4 is 52.6 Å². The van der Waals surface area contributed by atoms with E-state index >= 15 is 0 Å². The third-order valence-corrected chi connectivity index (χ3v) is 9.58. The molecular weight excluding hydrogens is 615 g/mol. The number of hydrogen-bond acceptors (Lipinski definition) is 6. The van der Waals surface area contributed by atoms with E-state index in [-0.39, 0.29) is 39.3 Å². The molecule has 1 saturated carbocycles. The number of esters is 2. The summed E-state index contributed by atoms with van der Waals surface area (Å²) >= 11 is 12.9. The number of methoxy groups -OCH3 is 1. The second-order valence-electron chi connectivity index (χ2n) is 14.7.